The Labute approximate surface area is 130 Å². The highest BCUT2D eigenvalue weighted by molar-refractivity contribution is 5.79. The smallest absolute Gasteiger partial charge is 0.339 e. The van der Waals surface area contributed by atoms with E-state index in [0.29, 0.717) is 17.1 Å². The SMILES string of the molecule is CCOC(=O)C(O)c1cc(OC)c(N2CCCC2)cc1OC. The Kier molecular flexibility index (Phi) is 5.49. The van der Waals surface area contributed by atoms with Crippen LogP contribution >= 0.6 is 0 Å². The Balaban J connectivity index is 2.39. The number of methoxy groups -OCH3 is 2. The molecule has 1 aliphatic rings. The zero-order valence-electron chi connectivity index (χ0n) is 13.3. The Morgan fingerprint density at radius 1 is 1.23 bits per heavy atom. The maximum atomic E-state index is 11.8. The highest BCUT2D eigenvalue weighted by Gasteiger charge is 2.26. The molecule has 1 N–H and O–H groups in total. The van der Waals surface area contributed by atoms with Gasteiger partial charge in [0.05, 0.1) is 26.5 Å². The van der Waals surface area contributed by atoms with E-state index >= 15 is 0 Å². The van der Waals surface area contributed by atoms with Gasteiger partial charge in [0.25, 0.3) is 0 Å². The number of nitrogens with zero attached hydrogens (tertiary/aromatic N) is 1. The fourth-order valence-corrected chi connectivity index (χ4v) is 2.67. The lowest BCUT2D eigenvalue weighted by Crippen LogP contribution is -2.20. The van der Waals surface area contributed by atoms with Crippen molar-refractivity contribution in [2.75, 3.05) is 38.8 Å². The van der Waals surface area contributed by atoms with Crippen molar-refractivity contribution in [2.45, 2.75) is 25.9 Å². The summed E-state index contributed by atoms with van der Waals surface area (Å²) in [5.41, 5.74) is 1.26. The summed E-state index contributed by atoms with van der Waals surface area (Å²) in [6, 6.07) is 3.45. The molecule has 0 bridgehead atoms. The highest BCUT2D eigenvalue weighted by atomic mass is 16.5. The number of benzene rings is 1. The van der Waals surface area contributed by atoms with Crippen LogP contribution in [0.5, 0.6) is 11.5 Å². The van der Waals surface area contributed by atoms with Crippen molar-refractivity contribution < 1.29 is 24.1 Å². The number of carbonyl (C=O) groups excluding carboxylic acids is 1. The molecule has 0 amide bonds. The number of anilines is 1. The van der Waals surface area contributed by atoms with Gasteiger partial charge in [0.15, 0.2) is 6.10 Å². The summed E-state index contributed by atoms with van der Waals surface area (Å²) >= 11 is 0. The summed E-state index contributed by atoms with van der Waals surface area (Å²) in [4.78, 5) is 14.0. The largest absolute Gasteiger partial charge is 0.496 e. The first kappa shape index (κ1) is 16.4. The zero-order valence-corrected chi connectivity index (χ0v) is 13.3. The van der Waals surface area contributed by atoms with Crippen molar-refractivity contribution in [3.05, 3.63) is 17.7 Å². The fraction of sp³-hybridized carbons (Fsp3) is 0.562. The molecule has 6 heteroatoms. The molecule has 1 saturated heterocycles. The van der Waals surface area contributed by atoms with Crippen LogP contribution in [0.25, 0.3) is 0 Å². The van der Waals surface area contributed by atoms with Gasteiger partial charge in [-0.3, -0.25) is 0 Å². The van der Waals surface area contributed by atoms with Gasteiger partial charge in [-0.25, -0.2) is 4.79 Å². The average molecular weight is 309 g/mol. The Hall–Kier alpha value is -1.95. The second kappa shape index (κ2) is 7.35. The first-order chi connectivity index (χ1) is 10.6. The maximum Gasteiger partial charge on any atom is 0.339 e. The van der Waals surface area contributed by atoms with Gasteiger partial charge >= 0.3 is 5.97 Å². The van der Waals surface area contributed by atoms with E-state index in [2.05, 4.69) is 4.90 Å². The summed E-state index contributed by atoms with van der Waals surface area (Å²) in [7, 11) is 3.08. The van der Waals surface area contributed by atoms with Gasteiger partial charge < -0.3 is 24.2 Å². The van der Waals surface area contributed by atoms with Gasteiger partial charge in [-0.05, 0) is 25.8 Å². The van der Waals surface area contributed by atoms with Crippen molar-refractivity contribution in [1.82, 2.24) is 0 Å². The minimum absolute atomic E-state index is 0.210. The number of ether oxygens (including phenoxy) is 3. The third-order valence-corrected chi connectivity index (χ3v) is 3.78. The molecule has 1 aromatic rings. The van der Waals surface area contributed by atoms with Crippen LogP contribution in [-0.4, -0.2) is 45.0 Å². The van der Waals surface area contributed by atoms with E-state index in [1.54, 1.807) is 20.1 Å². The Morgan fingerprint density at radius 2 is 1.86 bits per heavy atom. The van der Waals surface area contributed by atoms with Gasteiger partial charge in [-0.1, -0.05) is 0 Å². The van der Waals surface area contributed by atoms with Gasteiger partial charge in [0.2, 0.25) is 0 Å². The van der Waals surface area contributed by atoms with Crippen LogP contribution in [0, 0.1) is 0 Å². The lowest BCUT2D eigenvalue weighted by atomic mass is 10.1. The Bertz CT molecular complexity index is 526. The van der Waals surface area contributed by atoms with Crippen LogP contribution in [0.15, 0.2) is 12.1 Å². The van der Waals surface area contributed by atoms with Gasteiger partial charge in [-0.2, -0.15) is 0 Å². The minimum Gasteiger partial charge on any atom is -0.496 e. The molecule has 1 aliphatic heterocycles. The van der Waals surface area contributed by atoms with Crippen molar-refractivity contribution in [2.24, 2.45) is 0 Å². The molecular formula is C16H23NO5. The standard InChI is InChI=1S/C16H23NO5/c1-4-22-16(19)15(18)11-9-14(21-3)12(10-13(11)20-2)17-7-5-6-8-17/h9-10,15,18H,4-8H2,1-3H3. The molecule has 6 nitrogen and oxygen atoms in total. The summed E-state index contributed by atoms with van der Waals surface area (Å²) in [5.74, 6) is 0.362. The third kappa shape index (κ3) is 3.27. The monoisotopic (exact) mass is 309 g/mol. The molecule has 1 unspecified atom stereocenters. The first-order valence-electron chi connectivity index (χ1n) is 7.48. The van der Waals surface area contributed by atoms with E-state index in [9.17, 15) is 9.90 Å². The van der Waals surface area contributed by atoms with Gasteiger partial charge in [0, 0.05) is 24.7 Å². The van der Waals surface area contributed by atoms with Crippen LogP contribution in [0.2, 0.25) is 0 Å². The number of aliphatic hydroxyl groups excluding tert-OH is 1. The van der Waals surface area contributed by atoms with Crippen molar-refractivity contribution in [3.63, 3.8) is 0 Å². The first-order valence-corrected chi connectivity index (χ1v) is 7.48. The zero-order chi connectivity index (χ0) is 16.1. The molecular weight excluding hydrogens is 286 g/mol. The number of hydrogen-bond acceptors (Lipinski definition) is 6. The molecule has 1 heterocycles. The number of aliphatic hydroxyl groups is 1. The lowest BCUT2D eigenvalue weighted by molar-refractivity contribution is -0.153. The summed E-state index contributed by atoms with van der Waals surface area (Å²) in [6.45, 7) is 3.82. The summed E-state index contributed by atoms with van der Waals surface area (Å²) in [5, 5.41) is 10.2. The average Bonchev–Trinajstić information content (AvgIpc) is 3.07. The molecule has 1 fully saturated rings. The number of carbonyl (C=O) groups is 1. The van der Waals surface area contributed by atoms with Crippen LogP contribution in [0.1, 0.15) is 31.4 Å². The molecule has 22 heavy (non-hydrogen) atoms. The number of esters is 1. The van der Waals surface area contributed by atoms with Gasteiger partial charge in [0.1, 0.15) is 11.5 Å². The van der Waals surface area contributed by atoms with Crippen molar-refractivity contribution in [1.29, 1.82) is 0 Å². The van der Waals surface area contributed by atoms with Crippen molar-refractivity contribution in [3.8, 4) is 11.5 Å². The molecule has 1 atom stereocenters. The molecule has 2 rings (SSSR count). The Morgan fingerprint density at radius 3 is 2.41 bits per heavy atom. The van der Waals surface area contributed by atoms with E-state index in [4.69, 9.17) is 14.2 Å². The lowest BCUT2D eigenvalue weighted by Gasteiger charge is -2.23. The van der Waals surface area contributed by atoms with Gasteiger partial charge in [-0.15, -0.1) is 0 Å². The predicted octanol–water partition coefficient (Wildman–Crippen LogP) is 1.90. The number of hydrogen-bond donors (Lipinski definition) is 1. The van der Waals surface area contributed by atoms with Crippen LogP contribution in [0.3, 0.4) is 0 Å². The molecule has 1 aromatic carbocycles. The molecule has 0 saturated carbocycles. The maximum absolute atomic E-state index is 11.8. The second-order valence-corrected chi connectivity index (χ2v) is 5.11. The van der Waals surface area contributed by atoms with E-state index in [1.807, 2.05) is 6.07 Å². The molecule has 0 aromatic heterocycles. The van der Waals surface area contributed by atoms with Crippen LogP contribution in [0.4, 0.5) is 5.69 Å². The van der Waals surface area contributed by atoms with Crippen LogP contribution in [-0.2, 0) is 9.53 Å². The number of rotatable bonds is 6. The molecule has 0 spiro atoms. The summed E-state index contributed by atoms with van der Waals surface area (Å²) in [6.07, 6.45) is 0.883. The van der Waals surface area contributed by atoms with E-state index < -0.39 is 12.1 Å². The molecule has 0 aliphatic carbocycles. The topological polar surface area (TPSA) is 68.2 Å². The second-order valence-electron chi connectivity index (χ2n) is 5.11. The minimum atomic E-state index is -1.39. The fourth-order valence-electron chi connectivity index (χ4n) is 2.67. The summed E-state index contributed by atoms with van der Waals surface area (Å²) < 4.78 is 15.6. The molecule has 0 radical (unpaired) electrons. The van der Waals surface area contributed by atoms with Crippen LogP contribution < -0.4 is 14.4 Å². The van der Waals surface area contributed by atoms with E-state index in [-0.39, 0.29) is 6.61 Å². The third-order valence-electron chi connectivity index (χ3n) is 3.78. The van der Waals surface area contributed by atoms with E-state index in [0.717, 1.165) is 31.6 Å². The quantitative estimate of drug-likeness (QED) is 0.810. The normalized spacial score (nSPS) is 15.5. The predicted molar refractivity (Wildman–Crippen MR) is 82.6 cm³/mol. The highest BCUT2D eigenvalue weighted by Crippen LogP contribution is 2.39. The molecule has 122 valence electrons. The van der Waals surface area contributed by atoms with E-state index in [1.165, 1.54) is 7.11 Å². The van der Waals surface area contributed by atoms with Crippen molar-refractivity contribution >= 4 is 11.7 Å².